The third kappa shape index (κ3) is 3.48. The predicted molar refractivity (Wildman–Crippen MR) is 120 cm³/mol. The molecule has 0 bridgehead atoms. The number of nitrogens with two attached hydrogens (primary N) is 1. The largest absolute Gasteiger partial charge is 0.393 e. The number of rotatable bonds is 3. The Morgan fingerprint density at radius 2 is 1.74 bits per heavy atom. The molecule has 5 fully saturated rings. The Balaban J connectivity index is 1.32. The van der Waals surface area contributed by atoms with E-state index < -0.39 is 0 Å². The molecule has 6 heteroatoms. The van der Waals surface area contributed by atoms with Gasteiger partial charge in [0, 0.05) is 17.9 Å². The van der Waals surface area contributed by atoms with E-state index in [1.807, 2.05) is 0 Å². The van der Waals surface area contributed by atoms with E-state index in [1.54, 1.807) is 0 Å². The lowest BCUT2D eigenvalue weighted by molar-refractivity contribution is -0.138. The number of oxime groups is 1. The second-order valence-corrected chi connectivity index (χ2v) is 11.8. The van der Waals surface area contributed by atoms with Crippen LogP contribution in [0.3, 0.4) is 0 Å². The van der Waals surface area contributed by atoms with E-state index >= 15 is 0 Å². The molecule has 5 saturated carbocycles. The van der Waals surface area contributed by atoms with E-state index in [9.17, 15) is 9.70 Å². The number of carbonyl (C=O) groups is 1. The molecular formula is C25H39N3O3. The van der Waals surface area contributed by atoms with Crippen molar-refractivity contribution in [2.45, 2.75) is 109 Å². The molecule has 2 N–H and O–H groups in total. The van der Waals surface area contributed by atoms with Crippen molar-refractivity contribution in [2.75, 3.05) is 0 Å². The van der Waals surface area contributed by atoms with Crippen molar-refractivity contribution in [3.63, 3.8) is 0 Å². The Morgan fingerprint density at radius 3 is 2.48 bits per heavy atom. The first kappa shape index (κ1) is 21.5. The van der Waals surface area contributed by atoms with Gasteiger partial charge in [-0.15, -0.1) is 0 Å². The fourth-order valence-corrected chi connectivity index (χ4v) is 8.42. The Kier molecular flexibility index (Phi) is 5.51. The lowest BCUT2D eigenvalue weighted by Crippen LogP contribution is -2.57. The topological polar surface area (TPSA) is 94.1 Å². The minimum atomic E-state index is -0.164. The summed E-state index contributed by atoms with van der Waals surface area (Å²) >= 11 is 0. The quantitative estimate of drug-likeness (QED) is 0.505. The first-order valence-electron chi connectivity index (χ1n) is 12.7. The second kappa shape index (κ2) is 7.93. The summed E-state index contributed by atoms with van der Waals surface area (Å²) in [7, 11) is 0. The molecule has 6 nitrogen and oxygen atoms in total. The van der Waals surface area contributed by atoms with Gasteiger partial charge in [-0.05, 0) is 99.7 Å². The van der Waals surface area contributed by atoms with Gasteiger partial charge in [-0.2, -0.15) is 4.91 Å². The number of nitrogens with zero attached hydrogens (tertiary/aromatic N) is 2. The number of hydrogen-bond donors (Lipinski definition) is 1. The number of nitroso groups, excluding NO2 is 1. The molecule has 0 aromatic carbocycles. The fraction of sp³-hybridized carbons (Fsp3) is 0.920. The Hall–Kier alpha value is -1.30. The summed E-state index contributed by atoms with van der Waals surface area (Å²) in [6.45, 7) is 4.61. The van der Waals surface area contributed by atoms with Crippen molar-refractivity contribution < 1.29 is 9.63 Å². The van der Waals surface area contributed by atoms with E-state index in [1.165, 1.54) is 0 Å². The van der Waals surface area contributed by atoms with E-state index in [4.69, 9.17) is 10.6 Å². The highest BCUT2D eigenvalue weighted by molar-refractivity contribution is 5.87. The number of carbonyl (C=O) groups excluding carboxylic acids is 1. The maximum atomic E-state index is 12.7. The lowest BCUT2D eigenvalue weighted by Gasteiger charge is -2.60. The molecule has 0 spiro atoms. The molecule has 0 saturated heterocycles. The van der Waals surface area contributed by atoms with Crippen molar-refractivity contribution in [1.82, 2.24) is 0 Å². The number of fused-ring (bicyclic) bond motifs is 5. The normalized spacial score (nSPS) is 51.0. The smallest absolute Gasteiger partial charge is 0.139 e. The molecule has 0 heterocycles. The molecule has 31 heavy (non-hydrogen) atoms. The first-order valence-corrected chi connectivity index (χ1v) is 12.7. The Morgan fingerprint density at radius 1 is 0.968 bits per heavy atom. The van der Waals surface area contributed by atoms with E-state index in [0.717, 1.165) is 82.8 Å². The van der Waals surface area contributed by atoms with Crippen LogP contribution in [-0.4, -0.2) is 29.7 Å². The third-order valence-corrected chi connectivity index (χ3v) is 10.4. The predicted octanol–water partition coefficient (Wildman–Crippen LogP) is 4.99. The summed E-state index contributed by atoms with van der Waals surface area (Å²) < 4.78 is 0. The number of ketones is 1. The summed E-state index contributed by atoms with van der Waals surface area (Å²) in [4.78, 5) is 30.6. The maximum Gasteiger partial charge on any atom is 0.139 e. The molecule has 172 valence electrons. The van der Waals surface area contributed by atoms with Crippen LogP contribution in [0.25, 0.3) is 0 Å². The first-order chi connectivity index (χ1) is 14.8. The van der Waals surface area contributed by atoms with Crippen LogP contribution in [0.4, 0.5) is 0 Å². The molecule has 5 aliphatic carbocycles. The van der Waals surface area contributed by atoms with Gasteiger partial charge in [0.1, 0.15) is 11.9 Å². The summed E-state index contributed by atoms with van der Waals surface area (Å²) in [5.41, 5.74) is 7.08. The average molecular weight is 430 g/mol. The van der Waals surface area contributed by atoms with Crippen molar-refractivity contribution >= 4 is 11.5 Å². The molecule has 5 rings (SSSR count). The standard InChI is InChI=1S/C25H39N3O3/c1-24-11-9-16(28-31-17-5-3-15(26)4-6-17)13-21(24)22(27-30)14-18-19-7-8-23(29)25(19,2)12-10-20(18)24/h15,17-22H,3-14,26H2,1-2H3/t15?,17?,18-,19-,20-,21?,22?,24+,25-/m0/s1. The summed E-state index contributed by atoms with van der Waals surface area (Å²) in [6.07, 6.45) is 11.8. The molecule has 0 aliphatic heterocycles. The molecule has 5 aliphatic rings. The van der Waals surface area contributed by atoms with Gasteiger partial charge in [0.2, 0.25) is 0 Å². The van der Waals surface area contributed by atoms with Crippen molar-refractivity contribution in [2.24, 2.45) is 50.6 Å². The third-order valence-electron chi connectivity index (χ3n) is 10.4. The van der Waals surface area contributed by atoms with Gasteiger partial charge in [-0.25, -0.2) is 0 Å². The van der Waals surface area contributed by atoms with Crippen molar-refractivity contribution in [1.29, 1.82) is 0 Å². The molecule has 0 amide bonds. The van der Waals surface area contributed by atoms with Gasteiger partial charge < -0.3 is 10.6 Å². The summed E-state index contributed by atoms with van der Waals surface area (Å²) in [6, 6.07) is 0.146. The highest BCUT2D eigenvalue weighted by Gasteiger charge is 2.62. The number of Topliss-reactive ketones (excluding diaryl/α,β-unsaturated/α-hetero) is 1. The Labute approximate surface area is 186 Å². The molecule has 7 atom stereocenters. The lowest BCUT2D eigenvalue weighted by atomic mass is 9.44. The fourth-order valence-electron chi connectivity index (χ4n) is 8.42. The van der Waals surface area contributed by atoms with Gasteiger partial charge in [0.15, 0.2) is 0 Å². The van der Waals surface area contributed by atoms with Crippen LogP contribution < -0.4 is 5.73 Å². The Bertz CT molecular complexity index is 761. The molecular weight excluding hydrogens is 390 g/mol. The van der Waals surface area contributed by atoms with Crippen LogP contribution in [0.15, 0.2) is 10.3 Å². The van der Waals surface area contributed by atoms with E-state index in [0.29, 0.717) is 29.6 Å². The second-order valence-electron chi connectivity index (χ2n) is 11.8. The maximum absolute atomic E-state index is 12.7. The minimum Gasteiger partial charge on any atom is -0.393 e. The van der Waals surface area contributed by atoms with Crippen LogP contribution in [0.5, 0.6) is 0 Å². The minimum absolute atomic E-state index is 0.116. The number of hydrogen-bond acceptors (Lipinski definition) is 6. The van der Waals surface area contributed by atoms with Gasteiger partial charge in [0.05, 0.1) is 11.8 Å². The zero-order valence-corrected chi connectivity index (χ0v) is 19.2. The molecule has 0 aromatic heterocycles. The zero-order chi connectivity index (χ0) is 21.8. The van der Waals surface area contributed by atoms with Gasteiger partial charge in [-0.1, -0.05) is 24.2 Å². The highest BCUT2D eigenvalue weighted by atomic mass is 16.6. The zero-order valence-electron chi connectivity index (χ0n) is 19.2. The van der Waals surface area contributed by atoms with Gasteiger partial charge in [-0.3, -0.25) is 4.79 Å². The van der Waals surface area contributed by atoms with Gasteiger partial charge in [0.25, 0.3) is 0 Å². The van der Waals surface area contributed by atoms with Crippen molar-refractivity contribution in [3.05, 3.63) is 4.91 Å². The highest BCUT2D eigenvalue weighted by Crippen LogP contribution is 2.65. The van der Waals surface area contributed by atoms with Crippen LogP contribution in [0.2, 0.25) is 0 Å². The summed E-state index contributed by atoms with van der Waals surface area (Å²) in [5, 5.41) is 8.26. The van der Waals surface area contributed by atoms with Crippen LogP contribution in [0, 0.1) is 39.4 Å². The van der Waals surface area contributed by atoms with Crippen LogP contribution in [-0.2, 0) is 9.63 Å². The van der Waals surface area contributed by atoms with Crippen LogP contribution >= 0.6 is 0 Å². The van der Waals surface area contributed by atoms with E-state index in [2.05, 4.69) is 24.2 Å². The van der Waals surface area contributed by atoms with Crippen molar-refractivity contribution in [3.8, 4) is 0 Å². The average Bonchev–Trinajstić information content (AvgIpc) is 3.07. The molecule has 2 unspecified atom stereocenters. The van der Waals surface area contributed by atoms with Crippen LogP contribution in [0.1, 0.15) is 90.9 Å². The van der Waals surface area contributed by atoms with Gasteiger partial charge >= 0.3 is 0 Å². The monoisotopic (exact) mass is 429 g/mol. The molecule has 0 radical (unpaired) electrons. The van der Waals surface area contributed by atoms with E-state index in [-0.39, 0.29) is 28.9 Å². The molecule has 0 aromatic rings. The summed E-state index contributed by atoms with van der Waals surface area (Å²) in [5.74, 6) is 2.22. The SMILES string of the molecule is C[C@]12CCC(=NOC3CCC(N)CC3)CC1C(N=O)C[C@@H]1[C@@H]2CC[C@]2(C)C(=O)CC[C@@H]12.